The quantitative estimate of drug-likeness (QED) is 0.332. The lowest BCUT2D eigenvalue weighted by Gasteiger charge is -2.31. The molecule has 5 rings (SSSR count). The lowest BCUT2D eigenvalue weighted by molar-refractivity contribution is 0.500. The smallest absolute Gasteiger partial charge is 0.261 e. The largest absolute Gasteiger partial charge is 0.384 e. The van der Waals surface area contributed by atoms with Crippen LogP contribution in [0.25, 0.3) is 22.4 Å². The molecule has 0 unspecified atom stereocenters. The van der Waals surface area contributed by atoms with E-state index in [9.17, 15) is 9.70 Å². The lowest BCUT2D eigenvalue weighted by atomic mass is 10.0. The van der Waals surface area contributed by atoms with Crippen LogP contribution in [0.15, 0.2) is 58.6 Å². The summed E-state index contributed by atoms with van der Waals surface area (Å²) in [4.78, 5) is 37.0. The molecule has 2 aromatic carbocycles. The molecule has 3 N–H and O–H groups in total. The Kier molecular flexibility index (Phi) is 6.35. The standard InChI is InChI=1S/C27H30N6O2/c1-17-4-3-5-19(14-17)6-10-28-22-7-11-29-27(34)24(22)26-30-23-16-21(15-18(2)25(23)31-26)33-12-8-20(32-35)9-13-33/h3-5,7,11,14-16,20H,6,8-10,12-13H2,1-2H3,(H,30,31)(H2,28,29,34). The molecule has 0 spiro atoms. The van der Waals surface area contributed by atoms with Gasteiger partial charge >= 0.3 is 0 Å². The summed E-state index contributed by atoms with van der Waals surface area (Å²) in [5.41, 5.74) is 7.43. The molecule has 180 valence electrons. The zero-order valence-corrected chi connectivity index (χ0v) is 20.1. The van der Waals surface area contributed by atoms with Gasteiger partial charge in [-0.1, -0.05) is 35.0 Å². The zero-order chi connectivity index (χ0) is 24.4. The number of aromatic amines is 2. The second-order valence-corrected chi connectivity index (χ2v) is 9.33. The number of nitrogens with one attached hydrogen (secondary N) is 3. The van der Waals surface area contributed by atoms with E-state index in [-0.39, 0.29) is 11.6 Å². The molecule has 1 aliphatic heterocycles. The zero-order valence-electron chi connectivity index (χ0n) is 20.1. The molecule has 0 radical (unpaired) electrons. The maximum absolute atomic E-state index is 12.9. The van der Waals surface area contributed by atoms with Crippen molar-refractivity contribution in [3.8, 4) is 11.4 Å². The third-order valence-electron chi connectivity index (χ3n) is 6.75. The highest BCUT2D eigenvalue weighted by molar-refractivity contribution is 5.87. The number of rotatable bonds is 7. The summed E-state index contributed by atoms with van der Waals surface area (Å²) in [6.07, 6.45) is 4.05. The number of H-pyrrole nitrogens is 2. The molecule has 0 atom stereocenters. The lowest BCUT2D eigenvalue weighted by Crippen LogP contribution is -2.35. The van der Waals surface area contributed by atoms with Crippen LogP contribution in [0, 0.1) is 18.8 Å². The maximum Gasteiger partial charge on any atom is 0.261 e. The van der Waals surface area contributed by atoms with Crippen LogP contribution in [0.4, 0.5) is 11.4 Å². The van der Waals surface area contributed by atoms with Crippen LogP contribution in [-0.2, 0) is 6.42 Å². The van der Waals surface area contributed by atoms with Gasteiger partial charge in [-0.05, 0) is 62.4 Å². The average molecular weight is 471 g/mol. The van der Waals surface area contributed by atoms with Crippen LogP contribution >= 0.6 is 0 Å². The topological polar surface area (TPSA) is 106 Å². The van der Waals surface area contributed by atoms with E-state index in [0.29, 0.717) is 17.9 Å². The molecule has 35 heavy (non-hydrogen) atoms. The fourth-order valence-corrected chi connectivity index (χ4v) is 4.87. The van der Waals surface area contributed by atoms with Gasteiger partial charge in [-0.25, -0.2) is 4.98 Å². The number of benzene rings is 2. The summed E-state index contributed by atoms with van der Waals surface area (Å²) in [6.45, 7) is 6.43. The van der Waals surface area contributed by atoms with Crippen LogP contribution in [-0.4, -0.2) is 40.6 Å². The number of hydrogen-bond donors (Lipinski definition) is 3. The van der Waals surface area contributed by atoms with Gasteiger partial charge in [-0.3, -0.25) is 4.79 Å². The van der Waals surface area contributed by atoms with E-state index in [1.165, 1.54) is 11.1 Å². The summed E-state index contributed by atoms with van der Waals surface area (Å²) >= 11 is 0. The van der Waals surface area contributed by atoms with E-state index < -0.39 is 0 Å². The number of nitroso groups, excluding NO2 is 1. The molecule has 0 bridgehead atoms. The number of aromatic nitrogens is 3. The Hall–Kier alpha value is -3.94. The van der Waals surface area contributed by atoms with Crippen molar-refractivity contribution in [3.63, 3.8) is 0 Å². The Morgan fingerprint density at radius 1 is 1.14 bits per heavy atom. The van der Waals surface area contributed by atoms with Crippen molar-refractivity contribution < 1.29 is 0 Å². The van der Waals surface area contributed by atoms with Gasteiger partial charge in [0.2, 0.25) is 0 Å². The molecular weight excluding hydrogens is 440 g/mol. The Balaban J connectivity index is 1.41. The molecule has 2 aromatic heterocycles. The van der Waals surface area contributed by atoms with Crippen molar-refractivity contribution in [1.82, 2.24) is 15.0 Å². The highest BCUT2D eigenvalue weighted by Crippen LogP contribution is 2.30. The number of pyridine rings is 1. The summed E-state index contributed by atoms with van der Waals surface area (Å²) in [5.74, 6) is 0.545. The Bertz CT molecular complexity index is 1410. The molecule has 3 heterocycles. The van der Waals surface area contributed by atoms with Crippen molar-refractivity contribution in [2.45, 2.75) is 39.2 Å². The van der Waals surface area contributed by atoms with E-state index in [0.717, 1.165) is 60.3 Å². The van der Waals surface area contributed by atoms with E-state index >= 15 is 0 Å². The average Bonchev–Trinajstić information content (AvgIpc) is 3.28. The van der Waals surface area contributed by atoms with Gasteiger partial charge in [0.05, 0.1) is 22.8 Å². The molecule has 1 fully saturated rings. The summed E-state index contributed by atoms with van der Waals surface area (Å²) < 4.78 is 0. The minimum Gasteiger partial charge on any atom is -0.384 e. The molecule has 0 saturated carbocycles. The molecular formula is C27H30N6O2. The number of hydrogen-bond acceptors (Lipinski definition) is 6. The van der Waals surface area contributed by atoms with Crippen molar-refractivity contribution in [2.24, 2.45) is 5.18 Å². The van der Waals surface area contributed by atoms with Gasteiger partial charge in [-0.15, -0.1) is 0 Å². The first-order chi connectivity index (χ1) is 17.0. The van der Waals surface area contributed by atoms with Gasteiger partial charge < -0.3 is 20.2 Å². The number of fused-ring (bicyclic) bond motifs is 1. The normalized spacial score (nSPS) is 14.4. The minimum absolute atomic E-state index is 0.0866. The Labute approximate surface area is 203 Å². The summed E-state index contributed by atoms with van der Waals surface area (Å²) in [7, 11) is 0. The third kappa shape index (κ3) is 4.82. The van der Waals surface area contributed by atoms with Crippen LogP contribution in [0.5, 0.6) is 0 Å². The number of imidazole rings is 1. The van der Waals surface area contributed by atoms with Gasteiger partial charge in [-0.2, -0.15) is 4.91 Å². The molecule has 8 heteroatoms. The first kappa shape index (κ1) is 22.8. The van der Waals surface area contributed by atoms with E-state index in [1.807, 2.05) is 13.0 Å². The van der Waals surface area contributed by atoms with Crippen LogP contribution < -0.4 is 15.8 Å². The SMILES string of the molecule is Cc1cccc(CCNc2cc[nH]c(=O)c2-c2nc3c(C)cc(N4CCC(N=O)CC4)cc3[nH]2)c1. The molecule has 4 aromatic rings. The number of nitrogens with zero attached hydrogens (tertiary/aromatic N) is 3. The molecule has 8 nitrogen and oxygen atoms in total. The van der Waals surface area contributed by atoms with Crippen molar-refractivity contribution in [3.05, 3.63) is 80.6 Å². The minimum atomic E-state index is -0.189. The highest BCUT2D eigenvalue weighted by Gasteiger charge is 2.21. The van der Waals surface area contributed by atoms with Gasteiger partial charge in [0.15, 0.2) is 0 Å². The predicted molar refractivity (Wildman–Crippen MR) is 141 cm³/mol. The Morgan fingerprint density at radius 3 is 2.74 bits per heavy atom. The van der Waals surface area contributed by atoms with E-state index in [4.69, 9.17) is 4.98 Å². The second-order valence-electron chi connectivity index (χ2n) is 9.33. The van der Waals surface area contributed by atoms with Crippen molar-refractivity contribution in [1.29, 1.82) is 0 Å². The van der Waals surface area contributed by atoms with Crippen LogP contribution in [0.2, 0.25) is 0 Å². The first-order valence-corrected chi connectivity index (χ1v) is 12.1. The predicted octanol–water partition coefficient (Wildman–Crippen LogP) is 4.92. The second kappa shape index (κ2) is 9.74. The van der Waals surface area contributed by atoms with Gasteiger partial charge in [0.1, 0.15) is 11.4 Å². The number of aryl methyl sites for hydroxylation is 2. The molecule has 0 aliphatic carbocycles. The van der Waals surface area contributed by atoms with Crippen LogP contribution in [0.3, 0.4) is 0 Å². The van der Waals surface area contributed by atoms with Crippen LogP contribution in [0.1, 0.15) is 29.5 Å². The third-order valence-corrected chi connectivity index (χ3v) is 6.75. The van der Waals surface area contributed by atoms with E-state index in [2.05, 4.69) is 68.7 Å². The fourth-order valence-electron chi connectivity index (χ4n) is 4.87. The van der Waals surface area contributed by atoms with Gasteiger partial charge in [0.25, 0.3) is 5.56 Å². The summed E-state index contributed by atoms with van der Waals surface area (Å²) in [5, 5.41) is 6.64. The van der Waals surface area contributed by atoms with Gasteiger partial charge in [0, 0.05) is 31.5 Å². The fraction of sp³-hybridized carbons (Fsp3) is 0.333. The molecule has 1 saturated heterocycles. The van der Waals surface area contributed by atoms with Crippen molar-refractivity contribution >= 4 is 22.4 Å². The highest BCUT2D eigenvalue weighted by atomic mass is 16.3. The summed E-state index contributed by atoms with van der Waals surface area (Å²) in [6, 6.07) is 14.4. The van der Waals surface area contributed by atoms with Crippen molar-refractivity contribution in [2.75, 3.05) is 29.9 Å². The van der Waals surface area contributed by atoms with E-state index in [1.54, 1.807) is 6.20 Å². The number of anilines is 2. The molecule has 1 aliphatic rings. The molecule has 0 amide bonds. The number of piperidine rings is 1. The monoisotopic (exact) mass is 470 g/mol. The Morgan fingerprint density at radius 2 is 1.97 bits per heavy atom. The maximum atomic E-state index is 12.9. The first-order valence-electron chi connectivity index (χ1n) is 12.1.